The normalized spacial score (nSPS) is 29.7. The van der Waals surface area contributed by atoms with Crippen molar-refractivity contribution in [1.29, 1.82) is 0 Å². The summed E-state index contributed by atoms with van der Waals surface area (Å²) in [6.45, 7) is 5.75. The smallest absolute Gasteiger partial charge is 0.249 e. The fourth-order valence-corrected chi connectivity index (χ4v) is 2.92. The fraction of sp³-hybridized carbons (Fsp3) is 0.714. The maximum absolute atomic E-state index is 12.8. The maximum atomic E-state index is 12.8. The molecular weight excluding hydrogens is 272 g/mol. The van der Waals surface area contributed by atoms with Gasteiger partial charge in [-0.2, -0.15) is 4.98 Å². The summed E-state index contributed by atoms with van der Waals surface area (Å²) in [4.78, 5) is 30.7. The van der Waals surface area contributed by atoms with E-state index in [2.05, 4.69) is 15.5 Å². The number of nitrogens with zero attached hydrogens (tertiary/aromatic N) is 3. The number of hydrogen-bond donors (Lipinski definition) is 1. The average molecular weight is 292 g/mol. The van der Waals surface area contributed by atoms with Crippen molar-refractivity contribution in [3.8, 4) is 0 Å². The molecule has 114 valence electrons. The summed E-state index contributed by atoms with van der Waals surface area (Å²) in [5.41, 5.74) is -0.756. The third-order valence-electron chi connectivity index (χ3n) is 4.47. The van der Waals surface area contributed by atoms with E-state index in [1.54, 1.807) is 18.7 Å². The Hall–Kier alpha value is -1.92. The van der Waals surface area contributed by atoms with Crippen LogP contribution in [-0.2, 0) is 16.0 Å². The molecule has 21 heavy (non-hydrogen) atoms. The number of carbonyl (C=O) groups excluding carboxylic acids is 2. The van der Waals surface area contributed by atoms with Crippen molar-refractivity contribution in [2.75, 3.05) is 6.54 Å². The Labute approximate surface area is 123 Å². The quantitative estimate of drug-likeness (QED) is 0.869. The Morgan fingerprint density at radius 2 is 2.14 bits per heavy atom. The molecule has 2 amide bonds. The van der Waals surface area contributed by atoms with Gasteiger partial charge in [-0.05, 0) is 39.5 Å². The van der Waals surface area contributed by atoms with E-state index in [4.69, 9.17) is 4.52 Å². The number of aryl methyl sites for hydroxylation is 1. The van der Waals surface area contributed by atoms with Crippen LogP contribution in [0.2, 0.25) is 0 Å². The molecule has 1 aromatic rings. The molecule has 1 aliphatic carbocycles. The summed E-state index contributed by atoms with van der Waals surface area (Å²) in [5, 5.41) is 6.64. The van der Waals surface area contributed by atoms with E-state index < -0.39 is 11.6 Å². The van der Waals surface area contributed by atoms with Crippen LogP contribution in [0.1, 0.15) is 38.4 Å². The molecule has 1 saturated heterocycles. The second-order valence-electron chi connectivity index (χ2n) is 6.13. The zero-order valence-corrected chi connectivity index (χ0v) is 12.5. The fourth-order valence-electron chi connectivity index (χ4n) is 2.92. The standard InChI is InChI=1S/C14H20N4O3/c1-8-12(19)16-14(3,10-4-5-10)13(20)18(8)7-6-11-15-9(2)17-21-11/h8,10H,4-7H2,1-3H3,(H,16,19). The van der Waals surface area contributed by atoms with Crippen LogP contribution >= 0.6 is 0 Å². The number of piperazine rings is 1. The lowest BCUT2D eigenvalue weighted by Crippen LogP contribution is -2.69. The third kappa shape index (κ3) is 2.41. The molecule has 0 bridgehead atoms. The minimum atomic E-state index is -0.756. The van der Waals surface area contributed by atoms with Gasteiger partial charge in [0.25, 0.3) is 0 Å². The Morgan fingerprint density at radius 1 is 1.43 bits per heavy atom. The summed E-state index contributed by atoms with van der Waals surface area (Å²) in [6, 6.07) is -0.464. The first-order valence-corrected chi connectivity index (χ1v) is 7.34. The van der Waals surface area contributed by atoms with E-state index in [-0.39, 0.29) is 17.7 Å². The van der Waals surface area contributed by atoms with E-state index >= 15 is 0 Å². The van der Waals surface area contributed by atoms with Gasteiger partial charge in [-0.3, -0.25) is 9.59 Å². The van der Waals surface area contributed by atoms with Crippen molar-refractivity contribution in [2.24, 2.45) is 5.92 Å². The molecule has 2 heterocycles. The van der Waals surface area contributed by atoms with Gasteiger partial charge >= 0.3 is 0 Å². The van der Waals surface area contributed by atoms with E-state index in [0.29, 0.717) is 24.7 Å². The van der Waals surface area contributed by atoms with Gasteiger partial charge in [0.15, 0.2) is 5.82 Å². The molecule has 7 nitrogen and oxygen atoms in total. The number of rotatable bonds is 4. The summed E-state index contributed by atoms with van der Waals surface area (Å²) >= 11 is 0. The summed E-state index contributed by atoms with van der Waals surface area (Å²) < 4.78 is 5.06. The molecule has 2 fully saturated rings. The minimum Gasteiger partial charge on any atom is -0.340 e. The number of hydrogen-bond acceptors (Lipinski definition) is 5. The molecule has 0 radical (unpaired) electrons. The zero-order chi connectivity index (χ0) is 15.2. The van der Waals surface area contributed by atoms with Crippen molar-refractivity contribution in [3.63, 3.8) is 0 Å². The van der Waals surface area contributed by atoms with Crippen molar-refractivity contribution >= 4 is 11.8 Å². The molecular formula is C14H20N4O3. The third-order valence-corrected chi connectivity index (χ3v) is 4.47. The van der Waals surface area contributed by atoms with Crippen LogP contribution in [0.15, 0.2) is 4.52 Å². The van der Waals surface area contributed by atoms with Crippen LogP contribution in [-0.4, -0.2) is 45.0 Å². The van der Waals surface area contributed by atoms with Crippen LogP contribution in [0.3, 0.4) is 0 Å². The summed E-state index contributed by atoms with van der Waals surface area (Å²) in [6.07, 6.45) is 2.45. The van der Waals surface area contributed by atoms with Gasteiger partial charge in [0.1, 0.15) is 11.6 Å². The highest BCUT2D eigenvalue weighted by Crippen LogP contribution is 2.42. The second kappa shape index (κ2) is 4.82. The van der Waals surface area contributed by atoms with Crippen molar-refractivity contribution < 1.29 is 14.1 Å². The van der Waals surface area contributed by atoms with Gasteiger partial charge in [0.2, 0.25) is 17.7 Å². The summed E-state index contributed by atoms with van der Waals surface area (Å²) in [7, 11) is 0. The van der Waals surface area contributed by atoms with Crippen LogP contribution in [0.4, 0.5) is 0 Å². The second-order valence-corrected chi connectivity index (χ2v) is 6.13. The molecule has 3 rings (SSSR count). The van der Waals surface area contributed by atoms with E-state index in [1.165, 1.54) is 0 Å². The SMILES string of the molecule is Cc1noc(CCN2C(=O)C(C)(C3CC3)NC(=O)C2C)n1. The van der Waals surface area contributed by atoms with E-state index in [1.807, 2.05) is 6.92 Å². The molecule has 1 aliphatic heterocycles. The molecule has 1 aromatic heterocycles. The van der Waals surface area contributed by atoms with E-state index in [0.717, 1.165) is 12.8 Å². The van der Waals surface area contributed by atoms with Crippen molar-refractivity contribution in [1.82, 2.24) is 20.4 Å². The molecule has 7 heteroatoms. The van der Waals surface area contributed by atoms with Gasteiger partial charge in [0.05, 0.1) is 0 Å². The van der Waals surface area contributed by atoms with Gasteiger partial charge in [0, 0.05) is 13.0 Å². The molecule has 1 saturated carbocycles. The highest BCUT2D eigenvalue weighted by Gasteiger charge is 2.54. The van der Waals surface area contributed by atoms with Gasteiger partial charge in [-0.25, -0.2) is 0 Å². The van der Waals surface area contributed by atoms with Crippen molar-refractivity contribution in [2.45, 2.75) is 51.6 Å². The number of aromatic nitrogens is 2. The Bertz CT molecular complexity index is 581. The van der Waals surface area contributed by atoms with Gasteiger partial charge < -0.3 is 14.7 Å². The van der Waals surface area contributed by atoms with Crippen LogP contribution in [0.25, 0.3) is 0 Å². The molecule has 1 N–H and O–H groups in total. The number of amides is 2. The molecule has 2 unspecified atom stereocenters. The van der Waals surface area contributed by atoms with E-state index in [9.17, 15) is 9.59 Å². The maximum Gasteiger partial charge on any atom is 0.249 e. The zero-order valence-electron chi connectivity index (χ0n) is 12.5. The van der Waals surface area contributed by atoms with Gasteiger partial charge in [-0.1, -0.05) is 5.16 Å². The Balaban J connectivity index is 1.74. The predicted molar refractivity (Wildman–Crippen MR) is 73.2 cm³/mol. The summed E-state index contributed by atoms with van der Waals surface area (Å²) in [5.74, 6) is 1.23. The van der Waals surface area contributed by atoms with Crippen LogP contribution in [0, 0.1) is 12.8 Å². The number of carbonyl (C=O) groups is 2. The Morgan fingerprint density at radius 3 is 2.71 bits per heavy atom. The lowest BCUT2D eigenvalue weighted by molar-refractivity contribution is -0.154. The Kier molecular flexibility index (Phi) is 3.22. The molecule has 2 atom stereocenters. The largest absolute Gasteiger partial charge is 0.340 e. The first kappa shape index (κ1) is 14.0. The molecule has 2 aliphatic rings. The molecule has 0 spiro atoms. The van der Waals surface area contributed by atoms with Gasteiger partial charge in [-0.15, -0.1) is 0 Å². The monoisotopic (exact) mass is 292 g/mol. The van der Waals surface area contributed by atoms with Crippen LogP contribution in [0.5, 0.6) is 0 Å². The highest BCUT2D eigenvalue weighted by molar-refractivity contribution is 5.99. The first-order valence-electron chi connectivity index (χ1n) is 7.34. The lowest BCUT2D eigenvalue weighted by atomic mass is 9.89. The topological polar surface area (TPSA) is 88.3 Å². The molecule has 0 aromatic carbocycles. The highest BCUT2D eigenvalue weighted by atomic mass is 16.5. The van der Waals surface area contributed by atoms with Crippen molar-refractivity contribution in [3.05, 3.63) is 11.7 Å². The minimum absolute atomic E-state index is 0.00617. The average Bonchev–Trinajstić information content (AvgIpc) is 3.21. The number of nitrogens with one attached hydrogen (secondary N) is 1. The predicted octanol–water partition coefficient (Wildman–Crippen LogP) is 0.436. The first-order chi connectivity index (χ1) is 9.91. The van der Waals surface area contributed by atoms with Crippen LogP contribution < -0.4 is 5.32 Å². The lowest BCUT2D eigenvalue weighted by Gasteiger charge is -2.43.